The third-order valence-corrected chi connectivity index (χ3v) is 6.56. The van der Waals surface area contributed by atoms with Crippen LogP contribution in [0.3, 0.4) is 0 Å². The fraction of sp³-hybridized carbons (Fsp3) is 0.231. The van der Waals surface area contributed by atoms with Crippen molar-refractivity contribution >= 4 is 12.2 Å². The number of amides is 2. The number of hydrogen-bond acceptors (Lipinski definition) is 4. The number of piperazine rings is 1. The van der Waals surface area contributed by atoms with Crippen LogP contribution in [0.4, 0.5) is 9.59 Å². The maximum absolute atomic E-state index is 13.5. The van der Waals surface area contributed by atoms with E-state index in [1.54, 1.807) is 12.0 Å². The molecule has 0 spiro atoms. The molecule has 3 aromatic rings. The van der Waals surface area contributed by atoms with Gasteiger partial charge in [0.1, 0.15) is 11.8 Å². The second-order valence-electron chi connectivity index (χ2n) is 8.24. The van der Waals surface area contributed by atoms with E-state index in [4.69, 9.17) is 9.47 Å². The summed E-state index contributed by atoms with van der Waals surface area (Å²) in [6, 6.07) is 25.4. The van der Waals surface area contributed by atoms with Crippen molar-refractivity contribution in [1.29, 1.82) is 0 Å². The molecule has 7 nitrogen and oxygen atoms in total. The van der Waals surface area contributed by atoms with Gasteiger partial charge in [-0.2, -0.15) is 0 Å². The van der Waals surface area contributed by atoms with Gasteiger partial charge >= 0.3 is 12.2 Å². The molecule has 2 heterocycles. The van der Waals surface area contributed by atoms with Crippen LogP contribution < -0.4 is 4.74 Å². The molecule has 2 atom stereocenters. The van der Waals surface area contributed by atoms with Crippen LogP contribution in [0.2, 0.25) is 0 Å². The van der Waals surface area contributed by atoms with Crippen molar-refractivity contribution in [1.82, 2.24) is 9.80 Å². The number of hydrogen-bond donors (Lipinski definition) is 1. The minimum absolute atomic E-state index is 0.136. The number of carboxylic acid groups (broad SMARTS) is 1. The minimum atomic E-state index is -1.14. The number of cyclic esters (lactones) is 1. The van der Waals surface area contributed by atoms with Crippen LogP contribution in [-0.4, -0.2) is 53.3 Å². The fourth-order valence-corrected chi connectivity index (χ4v) is 5.01. The van der Waals surface area contributed by atoms with Crippen molar-refractivity contribution in [2.24, 2.45) is 0 Å². The Hall–Kier alpha value is -4.00. The van der Waals surface area contributed by atoms with E-state index >= 15 is 0 Å². The summed E-state index contributed by atoms with van der Waals surface area (Å²) >= 11 is 0. The molecule has 2 fully saturated rings. The normalized spacial score (nSPS) is 21.3. The Morgan fingerprint density at radius 2 is 1.52 bits per heavy atom. The van der Waals surface area contributed by atoms with E-state index in [0.717, 1.165) is 16.7 Å². The molecule has 0 bridgehead atoms. The average Bonchev–Trinajstić information content (AvgIpc) is 3.18. The number of benzene rings is 3. The van der Waals surface area contributed by atoms with Crippen molar-refractivity contribution in [3.63, 3.8) is 0 Å². The lowest BCUT2D eigenvalue weighted by Crippen LogP contribution is -2.59. The Morgan fingerprint density at radius 3 is 2.03 bits per heavy atom. The second kappa shape index (κ2) is 8.16. The van der Waals surface area contributed by atoms with E-state index < -0.39 is 29.9 Å². The van der Waals surface area contributed by atoms with Gasteiger partial charge in [0, 0.05) is 24.2 Å². The maximum atomic E-state index is 13.5. The van der Waals surface area contributed by atoms with Crippen LogP contribution in [-0.2, 0) is 10.3 Å². The molecule has 1 N–H and O–H groups in total. The van der Waals surface area contributed by atoms with Gasteiger partial charge in [0.25, 0.3) is 0 Å². The first-order valence-corrected chi connectivity index (χ1v) is 10.8. The van der Waals surface area contributed by atoms with Crippen LogP contribution in [0.25, 0.3) is 0 Å². The lowest BCUT2D eigenvalue weighted by molar-refractivity contribution is 0.0281. The molecule has 33 heavy (non-hydrogen) atoms. The molecule has 3 aromatic carbocycles. The van der Waals surface area contributed by atoms with Gasteiger partial charge in [-0.1, -0.05) is 72.8 Å². The molecule has 0 radical (unpaired) electrons. The molecule has 0 aromatic heterocycles. The zero-order valence-corrected chi connectivity index (χ0v) is 18.1. The van der Waals surface area contributed by atoms with E-state index in [1.807, 2.05) is 84.9 Å². The topological polar surface area (TPSA) is 79.3 Å². The molecular formula is C26H24N2O5. The predicted octanol–water partition coefficient (Wildman–Crippen LogP) is 4.49. The van der Waals surface area contributed by atoms with Gasteiger partial charge in [0.05, 0.1) is 13.2 Å². The van der Waals surface area contributed by atoms with E-state index in [0.29, 0.717) is 5.75 Å². The molecular weight excluding hydrogens is 420 g/mol. The van der Waals surface area contributed by atoms with Gasteiger partial charge in [-0.25, -0.2) is 9.59 Å². The Labute approximate surface area is 191 Å². The SMILES string of the molecule is COc1ccc(C2CN(C(=O)O)CC3N2C(=O)OC3(c2ccccc2)c2ccccc2)cc1. The van der Waals surface area contributed by atoms with Gasteiger partial charge in [0.15, 0.2) is 5.60 Å². The fourth-order valence-electron chi connectivity index (χ4n) is 5.01. The summed E-state index contributed by atoms with van der Waals surface area (Å²) in [5.74, 6) is 0.688. The van der Waals surface area contributed by atoms with E-state index in [2.05, 4.69) is 0 Å². The average molecular weight is 444 g/mol. The zero-order chi connectivity index (χ0) is 23.0. The van der Waals surface area contributed by atoms with Crippen molar-refractivity contribution in [3.8, 4) is 5.75 Å². The largest absolute Gasteiger partial charge is 0.497 e. The van der Waals surface area contributed by atoms with Gasteiger partial charge < -0.3 is 19.5 Å². The number of methoxy groups -OCH3 is 1. The van der Waals surface area contributed by atoms with Crippen LogP contribution in [0.1, 0.15) is 22.7 Å². The van der Waals surface area contributed by atoms with Gasteiger partial charge in [-0.3, -0.25) is 4.90 Å². The van der Waals surface area contributed by atoms with Gasteiger partial charge in [0.2, 0.25) is 0 Å². The van der Waals surface area contributed by atoms with Gasteiger partial charge in [-0.15, -0.1) is 0 Å². The van der Waals surface area contributed by atoms with E-state index in [9.17, 15) is 14.7 Å². The van der Waals surface area contributed by atoms with E-state index in [-0.39, 0.29) is 13.1 Å². The molecule has 0 aliphatic carbocycles. The summed E-state index contributed by atoms with van der Waals surface area (Å²) in [5, 5.41) is 9.94. The Kier molecular flexibility index (Phi) is 5.17. The highest BCUT2D eigenvalue weighted by molar-refractivity contribution is 5.76. The van der Waals surface area contributed by atoms with Crippen molar-refractivity contribution in [2.75, 3.05) is 20.2 Å². The standard InChI is InChI=1S/C26H24N2O5/c1-32-21-14-12-18(13-15-21)22-16-27(24(29)30)17-23-26(33-25(31)28(22)23,19-8-4-2-5-9-19)20-10-6-3-7-11-20/h2-15,22-23H,16-17H2,1H3,(H,29,30). The van der Waals surface area contributed by atoms with Crippen LogP contribution in [0, 0.1) is 0 Å². The smallest absolute Gasteiger partial charge is 0.412 e. The predicted molar refractivity (Wildman–Crippen MR) is 121 cm³/mol. The molecule has 168 valence electrons. The van der Waals surface area contributed by atoms with E-state index in [1.165, 1.54) is 4.90 Å². The van der Waals surface area contributed by atoms with Crippen molar-refractivity contribution < 1.29 is 24.2 Å². The Bertz CT molecular complexity index is 1110. The summed E-state index contributed by atoms with van der Waals surface area (Å²) < 4.78 is 11.5. The summed E-state index contributed by atoms with van der Waals surface area (Å²) in [6.45, 7) is 0.296. The number of carbonyl (C=O) groups excluding carboxylic acids is 1. The number of fused-ring (bicyclic) bond motifs is 1. The quantitative estimate of drug-likeness (QED) is 0.641. The van der Waals surface area contributed by atoms with Crippen molar-refractivity contribution in [2.45, 2.75) is 17.7 Å². The number of ether oxygens (including phenoxy) is 2. The second-order valence-corrected chi connectivity index (χ2v) is 8.24. The number of carbonyl (C=O) groups is 2. The van der Waals surface area contributed by atoms with Crippen LogP contribution >= 0.6 is 0 Å². The van der Waals surface area contributed by atoms with Crippen LogP contribution in [0.5, 0.6) is 5.75 Å². The molecule has 2 aliphatic heterocycles. The summed E-state index contributed by atoms with van der Waals surface area (Å²) in [7, 11) is 1.59. The Morgan fingerprint density at radius 1 is 0.939 bits per heavy atom. The highest BCUT2D eigenvalue weighted by atomic mass is 16.6. The molecule has 7 heteroatoms. The molecule has 2 aliphatic rings. The zero-order valence-electron chi connectivity index (χ0n) is 18.1. The highest BCUT2D eigenvalue weighted by Gasteiger charge is 2.60. The summed E-state index contributed by atoms with van der Waals surface area (Å²) in [4.78, 5) is 28.7. The Balaban J connectivity index is 1.68. The minimum Gasteiger partial charge on any atom is -0.497 e. The molecule has 0 saturated carbocycles. The monoisotopic (exact) mass is 444 g/mol. The third-order valence-electron chi connectivity index (χ3n) is 6.56. The van der Waals surface area contributed by atoms with Crippen LogP contribution in [0.15, 0.2) is 84.9 Å². The third kappa shape index (κ3) is 3.36. The first-order chi connectivity index (χ1) is 16.0. The molecule has 2 unspecified atom stereocenters. The number of rotatable bonds is 4. The molecule has 5 rings (SSSR count). The first kappa shape index (κ1) is 20.9. The lowest BCUT2D eigenvalue weighted by atomic mass is 9.78. The lowest BCUT2D eigenvalue weighted by Gasteiger charge is -2.45. The van der Waals surface area contributed by atoms with Gasteiger partial charge in [-0.05, 0) is 17.7 Å². The maximum Gasteiger partial charge on any atom is 0.412 e. The summed E-state index contributed by atoms with van der Waals surface area (Å²) in [6.07, 6.45) is -1.49. The van der Waals surface area contributed by atoms with Crippen molar-refractivity contribution in [3.05, 3.63) is 102 Å². The molecule has 2 amide bonds. The number of nitrogens with zero attached hydrogens (tertiary/aromatic N) is 2. The summed E-state index contributed by atoms with van der Waals surface area (Å²) in [5.41, 5.74) is 1.29. The highest BCUT2D eigenvalue weighted by Crippen LogP contribution is 2.49. The first-order valence-electron chi connectivity index (χ1n) is 10.8. The molecule has 2 saturated heterocycles.